The molecule has 1 unspecified atom stereocenters. The van der Waals surface area contributed by atoms with Crippen molar-refractivity contribution in [1.29, 1.82) is 0 Å². The van der Waals surface area contributed by atoms with Gasteiger partial charge in [-0.2, -0.15) is 13.2 Å². The molecule has 0 aliphatic carbocycles. The number of halogens is 5. The number of alkyl halides is 3. The zero-order valence-corrected chi connectivity index (χ0v) is 15.8. The highest BCUT2D eigenvalue weighted by molar-refractivity contribution is 6.33. The molecule has 5 nitrogen and oxygen atoms in total. The van der Waals surface area contributed by atoms with Crippen molar-refractivity contribution in [3.8, 4) is 11.4 Å². The lowest BCUT2D eigenvalue weighted by atomic mass is 9.99. The minimum atomic E-state index is -4.68. The molecule has 28 heavy (non-hydrogen) atoms. The Morgan fingerprint density at radius 1 is 1.14 bits per heavy atom. The van der Waals surface area contributed by atoms with Gasteiger partial charge in [-0.05, 0) is 24.3 Å². The number of hydrogen-bond donors (Lipinski definition) is 0. The Balaban J connectivity index is 1.96. The van der Waals surface area contributed by atoms with Gasteiger partial charge in [0.15, 0.2) is 5.82 Å². The van der Waals surface area contributed by atoms with Gasteiger partial charge in [-0.1, -0.05) is 35.3 Å². The zero-order valence-electron chi connectivity index (χ0n) is 14.3. The molecule has 0 saturated heterocycles. The van der Waals surface area contributed by atoms with E-state index in [-0.39, 0.29) is 18.1 Å². The van der Waals surface area contributed by atoms with Gasteiger partial charge in [-0.25, -0.2) is 0 Å². The molecular formula is C18H12Cl2F3N3O2. The first kappa shape index (κ1) is 19.0. The Hall–Kier alpha value is -2.29. The van der Waals surface area contributed by atoms with Crippen molar-refractivity contribution in [2.45, 2.75) is 18.9 Å². The van der Waals surface area contributed by atoms with Gasteiger partial charge in [-0.3, -0.25) is 4.57 Å². The quantitative estimate of drug-likeness (QED) is 0.560. The highest BCUT2D eigenvalue weighted by Gasteiger charge is 2.41. The second-order valence-corrected chi connectivity index (χ2v) is 6.85. The van der Waals surface area contributed by atoms with Crippen LogP contribution in [0.3, 0.4) is 0 Å². The lowest BCUT2D eigenvalue weighted by molar-refractivity contribution is -0.146. The number of methoxy groups -OCH3 is 1. The van der Waals surface area contributed by atoms with Crippen molar-refractivity contribution in [3.63, 3.8) is 0 Å². The summed E-state index contributed by atoms with van der Waals surface area (Å²) in [6.07, 6.45) is -5.46. The smallest absolute Gasteiger partial charge is 0.452 e. The van der Waals surface area contributed by atoms with Gasteiger partial charge < -0.3 is 9.47 Å². The third-order valence-corrected chi connectivity index (χ3v) is 5.01. The van der Waals surface area contributed by atoms with Crippen molar-refractivity contribution in [2.24, 2.45) is 0 Å². The van der Waals surface area contributed by atoms with Crippen molar-refractivity contribution >= 4 is 23.2 Å². The minimum Gasteiger partial charge on any atom is -0.495 e. The molecule has 0 radical (unpaired) electrons. The Morgan fingerprint density at radius 2 is 1.93 bits per heavy atom. The SMILES string of the molecule is COc1cccc(C2OCc3nnc(C(F)(F)F)n3-c3ccc(Cl)cc32)c1Cl. The summed E-state index contributed by atoms with van der Waals surface area (Å²) in [5.41, 5.74) is 1.17. The molecule has 0 spiro atoms. The van der Waals surface area contributed by atoms with Gasteiger partial charge >= 0.3 is 6.18 Å². The van der Waals surface area contributed by atoms with Crippen LogP contribution >= 0.6 is 23.2 Å². The molecule has 146 valence electrons. The molecule has 10 heteroatoms. The largest absolute Gasteiger partial charge is 0.495 e. The predicted octanol–water partition coefficient (Wildman–Crippen LogP) is 5.22. The number of hydrogen-bond acceptors (Lipinski definition) is 4. The number of nitrogens with zero attached hydrogens (tertiary/aromatic N) is 3. The second kappa shape index (κ2) is 6.95. The third kappa shape index (κ3) is 3.11. The molecule has 4 rings (SSSR count). The lowest BCUT2D eigenvalue weighted by Crippen LogP contribution is -2.16. The van der Waals surface area contributed by atoms with Crippen molar-refractivity contribution in [2.75, 3.05) is 7.11 Å². The molecule has 0 N–H and O–H groups in total. The van der Waals surface area contributed by atoms with Gasteiger partial charge in [0.2, 0.25) is 5.82 Å². The summed E-state index contributed by atoms with van der Waals surface area (Å²) >= 11 is 12.6. The summed E-state index contributed by atoms with van der Waals surface area (Å²) in [5, 5.41) is 7.61. The first-order valence-corrected chi connectivity index (χ1v) is 8.82. The second-order valence-electron chi connectivity index (χ2n) is 6.03. The average Bonchev–Trinajstić information content (AvgIpc) is 3.01. The van der Waals surface area contributed by atoms with Crippen LogP contribution in [0.5, 0.6) is 5.75 Å². The van der Waals surface area contributed by atoms with E-state index in [1.165, 1.54) is 19.2 Å². The van der Waals surface area contributed by atoms with E-state index in [0.29, 0.717) is 26.9 Å². The normalized spacial score (nSPS) is 16.3. The van der Waals surface area contributed by atoms with Crippen LogP contribution in [0.4, 0.5) is 13.2 Å². The fraction of sp³-hybridized carbons (Fsp3) is 0.222. The summed E-state index contributed by atoms with van der Waals surface area (Å²) in [5.74, 6) is -0.685. The van der Waals surface area contributed by atoms with E-state index in [1.807, 2.05) is 0 Å². The first-order chi connectivity index (χ1) is 13.3. The summed E-state index contributed by atoms with van der Waals surface area (Å²) in [6.45, 7) is -0.201. The van der Waals surface area contributed by atoms with E-state index in [4.69, 9.17) is 32.7 Å². The monoisotopic (exact) mass is 429 g/mol. The summed E-state index contributed by atoms with van der Waals surface area (Å²) in [4.78, 5) is 0. The van der Waals surface area contributed by atoms with Crippen LogP contribution in [0, 0.1) is 0 Å². The molecule has 2 aromatic carbocycles. The van der Waals surface area contributed by atoms with E-state index in [2.05, 4.69) is 10.2 Å². The molecule has 1 aliphatic rings. The average molecular weight is 430 g/mol. The van der Waals surface area contributed by atoms with Crippen LogP contribution in [0.25, 0.3) is 5.69 Å². The van der Waals surface area contributed by atoms with Crippen molar-refractivity contribution < 1.29 is 22.6 Å². The number of benzene rings is 2. The summed E-state index contributed by atoms with van der Waals surface area (Å²) in [7, 11) is 1.47. The van der Waals surface area contributed by atoms with E-state index < -0.39 is 18.1 Å². The molecule has 0 fully saturated rings. The molecule has 3 aromatic rings. The highest BCUT2D eigenvalue weighted by atomic mass is 35.5. The van der Waals surface area contributed by atoms with Gasteiger partial charge in [0.1, 0.15) is 18.5 Å². The Morgan fingerprint density at radius 3 is 2.64 bits per heavy atom. The Bertz CT molecular complexity index is 1050. The molecule has 0 amide bonds. The van der Waals surface area contributed by atoms with Crippen LogP contribution in [0.15, 0.2) is 36.4 Å². The Kier molecular flexibility index (Phi) is 4.73. The maximum Gasteiger partial charge on any atom is 0.452 e. The van der Waals surface area contributed by atoms with E-state index in [1.54, 1.807) is 24.3 Å². The van der Waals surface area contributed by atoms with Crippen LogP contribution in [-0.2, 0) is 17.5 Å². The molecule has 2 heterocycles. The maximum atomic E-state index is 13.5. The summed E-state index contributed by atoms with van der Waals surface area (Å²) < 4.78 is 52.5. The van der Waals surface area contributed by atoms with Gasteiger partial charge in [0.25, 0.3) is 0 Å². The first-order valence-electron chi connectivity index (χ1n) is 8.06. The van der Waals surface area contributed by atoms with Gasteiger partial charge in [0.05, 0.1) is 17.8 Å². The highest BCUT2D eigenvalue weighted by Crippen LogP contribution is 2.42. The molecule has 0 bridgehead atoms. The molecule has 1 aromatic heterocycles. The number of rotatable bonds is 2. The molecule has 1 aliphatic heterocycles. The number of ether oxygens (including phenoxy) is 2. The fourth-order valence-electron chi connectivity index (χ4n) is 3.18. The molecule has 1 atom stereocenters. The van der Waals surface area contributed by atoms with Gasteiger partial charge in [-0.15, -0.1) is 10.2 Å². The van der Waals surface area contributed by atoms with Crippen molar-refractivity contribution in [1.82, 2.24) is 14.8 Å². The van der Waals surface area contributed by atoms with Crippen molar-refractivity contribution in [3.05, 3.63) is 69.2 Å². The lowest BCUT2D eigenvalue weighted by Gasteiger charge is -2.21. The van der Waals surface area contributed by atoms with Crippen LogP contribution in [0.1, 0.15) is 28.9 Å². The maximum absolute atomic E-state index is 13.5. The van der Waals surface area contributed by atoms with Crippen LogP contribution < -0.4 is 4.74 Å². The predicted molar refractivity (Wildman–Crippen MR) is 96.0 cm³/mol. The van der Waals surface area contributed by atoms with E-state index in [9.17, 15) is 13.2 Å². The third-order valence-electron chi connectivity index (χ3n) is 4.37. The minimum absolute atomic E-state index is 0.0254. The fourth-order valence-corrected chi connectivity index (χ4v) is 3.66. The van der Waals surface area contributed by atoms with Crippen LogP contribution in [0.2, 0.25) is 10.0 Å². The summed E-state index contributed by atoms with van der Waals surface area (Å²) in [6, 6.07) is 9.65. The van der Waals surface area contributed by atoms with Crippen LogP contribution in [-0.4, -0.2) is 21.9 Å². The van der Waals surface area contributed by atoms with E-state index in [0.717, 1.165) is 4.57 Å². The molecule has 0 saturated carbocycles. The zero-order chi connectivity index (χ0) is 20.1. The number of fused-ring (bicyclic) bond motifs is 3. The standard InChI is InChI=1S/C18H12Cl2F3N3O2/c1-27-13-4-2-3-10(15(13)20)16-11-7-9(19)5-6-12(11)26-14(8-28-16)24-25-17(26)18(21,22)23/h2-7,16H,8H2,1H3. The van der Waals surface area contributed by atoms with Gasteiger partial charge in [0, 0.05) is 16.1 Å². The number of aromatic nitrogens is 3. The Labute approximate surface area is 167 Å². The van der Waals surface area contributed by atoms with E-state index >= 15 is 0 Å². The molecular weight excluding hydrogens is 418 g/mol. The topological polar surface area (TPSA) is 49.2 Å².